The number of hydrogen-bond donors (Lipinski definition) is 2. The van der Waals surface area contributed by atoms with Gasteiger partial charge in [0.05, 0.1) is 11.4 Å². The highest BCUT2D eigenvalue weighted by Crippen LogP contribution is 2.28. The molecule has 1 aromatic carbocycles. The van der Waals surface area contributed by atoms with E-state index < -0.39 is 47.5 Å². The first kappa shape index (κ1) is 18.6. The van der Waals surface area contributed by atoms with Gasteiger partial charge in [0.15, 0.2) is 9.84 Å². The zero-order chi connectivity index (χ0) is 18.3. The molecule has 0 aliphatic carbocycles. The van der Waals surface area contributed by atoms with Crippen molar-refractivity contribution in [3.63, 3.8) is 0 Å². The van der Waals surface area contributed by atoms with Gasteiger partial charge in [0.2, 0.25) is 5.78 Å². The summed E-state index contributed by atoms with van der Waals surface area (Å²) in [5, 5.41) is 0.453. The summed E-state index contributed by atoms with van der Waals surface area (Å²) in [4.78, 5) is 23.3. The fourth-order valence-corrected chi connectivity index (χ4v) is 4.31. The summed E-state index contributed by atoms with van der Waals surface area (Å²) in [6.45, 7) is 1.48. The fourth-order valence-electron chi connectivity index (χ4n) is 2.07. The van der Waals surface area contributed by atoms with E-state index in [1.165, 1.54) is 13.0 Å². The van der Waals surface area contributed by atoms with Gasteiger partial charge in [0.1, 0.15) is 10.1 Å². The number of amides is 1. The Labute approximate surface area is 143 Å². The first-order valence-corrected chi connectivity index (χ1v) is 9.98. The molecule has 0 saturated carbocycles. The van der Waals surface area contributed by atoms with Crippen LogP contribution in [-0.4, -0.2) is 44.1 Å². The largest absolute Gasteiger partial charge is 0.318 e. The van der Waals surface area contributed by atoms with Gasteiger partial charge >= 0.3 is 0 Å². The molecule has 0 saturated heterocycles. The van der Waals surface area contributed by atoms with E-state index in [9.17, 15) is 31.0 Å². The Morgan fingerprint density at radius 3 is 2.46 bits per heavy atom. The molecule has 0 unspecified atom stereocenters. The van der Waals surface area contributed by atoms with Crippen molar-refractivity contribution in [1.82, 2.24) is 0 Å². The average molecular weight is 394 g/mol. The predicted molar refractivity (Wildman–Crippen MR) is 86.4 cm³/mol. The predicted octanol–water partition coefficient (Wildman–Crippen LogP) is 0.756. The van der Waals surface area contributed by atoms with Gasteiger partial charge < -0.3 is 5.32 Å². The molecule has 1 aromatic rings. The maximum absolute atomic E-state index is 12.0. The van der Waals surface area contributed by atoms with Gasteiger partial charge in [-0.2, -0.15) is 8.42 Å². The zero-order valence-electron chi connectivity index (χ0n) is 12.2. The van der Waals surface area contributed by atoms with E-state index in [4.69, 9.17) is 11.6 Å². The van der Waals surface area contributed by atoms with Gasteiger partial charge in [-0.25, -0.2) is 8.42 Å². The maximum Gasteiger partial charge on any atom is 0.296 e. The molecular formula is C13H12ClNO7S2. The number of rotatable bonds is 4. The minimum Gasteiger partial charge on any atom is -0.318 e. The van der Waals surface area contributed by atoms with E-state index in [0.717, 1.165) is 18.2 Å². The minimum atomic E-state index is -4.70. The molecule has 8 nitrogen and oxygen atoms in total. The molecule has 0 bridgehead atoms. The molecule has 0 radical (unpaired) electrons. The summed E-state index contributed by atoms with van der Waals surface area (Å²) in [6, 6.07) is 2.06. The highest BCUT2D eigenvalue weighted by atomic mass is 35.5. The van der Waals surface area contributed by atoms with Crippen molar-refractivity contribution in [2.24, 2.45) is 0 Å². The second kappa shape index (κ2) is 6.28. The van der Waals surface area contributed by atoms with Crippen molar-refractivity contribution in [3.8, 4) is 0 Å². The standard InChI is InChI=1S/C13H12ClNO7S2/c1-7-5-11(24(20,21)22)9(6-8(7)14)15-13(17)12(16)10-3-2-4-23(10,18)19/h2-3,5-6,10H,4H2,1H3,(H,15,17)(H,20,21,22)/t10-/m1/s1. The summed E-state index contributed by atoms with van der Waals surface area (Å²) in [7, 11) is -8.50. The van der Waals surface area contributed by atoms with Crippen molar-refractivity contribution in [2.75, 3.05) is 11.1 Å². The lowest BCUT2D eigenvalue weighted by Gasteiger charge is -2.12. The van der Waals surface area contributed by atoms with Crippen LogP contribution in [0.1, 0.15) is 5.56 Å². The Hall–Kier alpha value is -1.75. The number of nitrogens with one attached hydrogen (secondary N) is 1. The van der Waals surface area contributed by atoms with Crippen LogP contribution in [0.2, 0.25) is 5.02 Å². The van der Waals surface area contributed by atoms with E-state index >= 15 is 0 Å². The molecule has 1 amide bonds. The molecule has 1 atom stereocenters. The molecule has 11 heteroatoms. The van der Waals surface area contributed by atoms with E-state index in [2.05, 4.69) is 0 Å². The number of sulfone groups is 1. The Kier molecular flexibility index (Phi) is 4.86. The van der Waals surface area contributed by atoms with Gasteiger partial charge in [-0.15, -0.1) is 0 Å². The lowest BCUT2D eigenvalue weighted by molar-refractivity contribution is -0.134. The third-order valence-electron chi connectivity index (χ3n) is 3.30. The second-order valence-corrected chi connectivity index (χ2v) is 9.03. The molecule has 24 heavy (non-hydrogen) atoms. The van der Waals surface area contributed by atoms with Gasteiger partial charge in [-0.1, -0.05) is 23.8 Å². The average Bonchev–Trinajstić information content (AvgIpc) is 2.79. The van der Waals surface area contributed by atoms with Crippen LogP contribution in [0.4, 0.5) is 5.69 Å². The summed E-state index contributed by atoms with van der Waals surface area (Å²) in [5.74, 6) is -2.95. The van der Waals surface area contributed by atoms with Crippen LogP contribution < -0.4 is 5.32 Å². The van der Waals surface area contributed by atoms with Crippen molar-refractivity contribution >= 4 is 48.9 Å². The van der Waals surface area contributed by atoms with Crippen LogP contribution in [-0.2, 0) is 29.5 Å². The van der Waals surface area contributed by atoms with Crippen molar-refractivity contribution in [1.29, 1.82) is 0 Å². The monoisotopic (exact) mass is 393 g/mol. The van der Waals surface area contributed by atoms with E-state index in [1.54, 1.807) is 0 Å². The summed E-state index contributed by atoms with van der Waals surface area (Å²) >= 11 is 5.85. The van der Waals surface area contributed by atoms with Gasteiger partial charge in [0.25, 0.3) is 16.0 Å². The number of aryl methyl sites for hydroxylation is 1. The molecule has 2 rings (SSSR count). The Balaban J connectivity index is 2.38. The van der Waals surface area contributed by atoms with E-state index in [-0.39, 0.29) is 10.8 Å². The smallest absolute Gasteiger partial charge is 0.296 e. The number of benzene rings is 1. The number of carbonyl (C=O) groups is 2. The SMILES string of the molecule is Cc1cc(S(=O)(=O)O)c(NC(=O)C(=O)[C@H]2C=CCS2(=O)=O)cc1Cl. The second-order valence-electron chi connectivity index (χ2n) is 5.07. The zero-order valence-corrected chi connectivity index (χ0v) is 14.6. The minimum absolute atomic E-state index is 0.0820. The number of ketones is 1. The molecule has 0 fully saturated rings. The third kappa shape index (κ3) is 3.66. The van der Waals surface area contributed by atoms with Crippen LogP contribution in [0.15, 0.2) is 29.2 Å². The van der Waals surface area contributed by atoms with Crippen LogP contribution in [0.5, 0.6) is 0 Å². The number of carbonyl (C=O) groups excluding carboxylic acids is 2. The molecule has 0 aromatic heterocycles. The van der Waals surface area contributed by atoms with Crippen LogP contribution in [0.25, 0.3) is 0 Å². The summed E-state index contributed by atoms with van der Waals surface area (Å²) in [5.41, 5.74) is -0.110. The Bertz CT molecular complexity index is 964. The number of Topliss-reactive ketones (excluding diaryl/α,β-unsaturated/α-hetero) is 1. The van der Waals surface area contributed by atoms with Crippen LogP contribution >= 0.6 is 11.6 Å². The van der Waals surface area contributed by atoms with E-state index in [1.807, 2.05) is 5.32 Å². The molecule has 130 valence electrons. The highest BCUT2D eigenvalue weighted by molar-refractivity contribution is 7.93. The summed E-state index contributed by atoms with van der Waals surface area (Å²) < 4.78 is 55.3. The maximum atomic E-state index is 12.0. The van der Waals surface area contributed by atoms with Gasteiger partial charge in [-0.3, -0.25) is 14.1 Å². The van der Waals surface area contributed by atoms with Crippen LogP contribution in [0, 0.1) is 6.92 Å². The molecule has 1 aliphatic rings. The summed E-state index contributed by atoms with van der Waals surface area (Å²) in [6.07, 6.45) is 2.33. The lowest BCUT2D eigenvalue weighted by Crippen LogP contribution is -2.36. The Morgan fingerprint density at radius 2 is 1.96 bits per heavy atom. The molecule has 2 N–H and O–H groups in total. The molecular weight excluding hydrogens is 382 g/mol. The number of hydrogen-bond acceptors (Lipinski definition) is 6. The van der Waals surface area contributed by atoms with Crippen molar-refractivity contribution in [2.45, 2.75) is 17.1 Å². The Morgan fingerprint density at radius 1 is 1.33 bits per heavy atom. The van der Waals surface area contributed by atoms with Crippen LogP contribution in [0.3, 0.4) is 0 Å². The van der Waals surface area contributed by atoms with E-state index in [0.29, 0.717) is 5.56 Å². The normalized spacial score (nSPS) is 19.2. The first-order valence-electron chi connectivity index (χ1n) is 6.44. The highest BCUT2D eigenvalue weighted by Gasteiger charge is 2.37. The van der Waals surface area contributed by atoms with Gasteiger partial charge in [-0.05, 0) is 24.6 Å². The number of anilines is 1. The lowest BCUT2D eigenvalue weighted by atomic mass is 10.2. The van der Waals surface area contributed by atoms with Gasteiger partial charge in [0, 0.05) is 5.02 Å². The quantitative estimate of drug-likeness (QED) is 0.438. The van der Waals surface area contributed by atoms with Crippen molar-refractivity contribution < 1.29 is 31.0 Å². The first-order chi connectivity index (χ1) is 10.9. The fraction of sp³-hybridized carbons (Fsp3) is 0.231. The topological polar surface area (TPSA) is 135 Å². The number of halogens is 1. The van der Waals surface area contributed by atoms with Crippen molar-refractivity contribution in [3.05, 3.63) is 34.9 Å². The molecule has 1 aliphatic heterocycles. The molecule has 0 spiro atoms. The molecule has 1 heterocycles. The third-order valence-corrected chi connectivity index (χ3v) is 6.40.